The van der Waals surface area contributed by atoms with Crippen molar-refractivity contribution in [3.8, 4) is 17.1 Å². The van der Waals surface area contributed by atoms with Crippen LogP contribution in [0.1, 0.15) is 47.1 Å². The summed E-state index contributed by atoms with van der Waals surface area (Å²) in [7, 11) is 0. The number of hydrogen-bond acceptors (Lipinski definition) is 7. The zero-order chi connectivity index (χ0) is 26.0. The van der Waals surface area contributed by atoms with Gasteiger partial charge in [0, 0.05) is 46.2 Å². The standard InChI is InChI=1S/C28H28ClN7O2/c29-20-4-5-24-22(17-20)23(8-15-38-24)32-26(37)19-2-1-3-21(16-19)34-28(9-13-31-14-10-28)27-33-25(35-36-27)18-6-11-30-12-7-18/h1-7,11-12,16-17,23,31,34H,8-10,13-15H2,(H,32,37)(H,33,35,36)/t23-/m1/s1. The lowest BCUT2D eigenvalue weighted by Gasteiger charge is -2.37. The molecule has 4 aromatic rings. The van der Waals surface area contributed by atoms with E-state index in [2.05, 4.69) is 31.1 Å². The number of halogens is 1. The van der Waals surface area contributed by atoms with Crippen LogP contribution in [0.2, 0.25) is 5.02 Å². The minimum absolute atomic E-state index is 0.148. The van der Waals surface area contributed by atoms with Gasteiger partial charge >= 0.3 is 0 Å². The van der Waals surface area contributed by atoms with E-state index in [0.29, 0.717) is 29.4 Å². The Balaban J connectivity index is 1.23. The molecular formula is C28H28ClN7O2. The molecule has 0 saturated carbocycles. The summed E-state index contributed by atoms with van der Waals surface area (Å²) in [6, 6.07) is 16.7. The van der Waals surface area contributed by atoms with Gasteiger partial charge in [-0.3, -0.25) is 14.9 Å². The number of carbonyl (C=O) groups excluding carboxylic acids is 1. The molecule has 6 rings (SSSR count). The fraction of sp³-hybridized carbons (Fsp3) is 0.286. The summed E-state index contributed by atoms with van der Waals surface area (Å²) in [4.78, 5) is 22.2. The highest BCUT2D eigenvalue weighted by Gasteiger charge is 2.37. The largest absolute Gasteiger partial charge is 0.493 e. The number of ether oxygens (including phenoxy) is 1. The molecule has 194 valence electrons. The SMILES string of the molecule is O=C(N[C@@H]1CCOc2ccc(Cl)cc21)c1cccc(NC2(c3nc(-c4ccncc4)n[nH]3)CCNCC2)c1. The summed E-state index contributed by atoms with van der Waals surface area (Å²) in [5, 5.41) is 18.5. The number of amides is 1. The molecule has 9 nitrogen and oxygen atoms in total. The maximum absolute atomic E-state index is 13.3. The van der Waals surface area contributed by atoms with Crippen molar-refractivity contribution in [1.82, 2.24) is 30.8 Å². The fourth-order valence-corrected chi connectivity index (χ4v) is 5.33. The molecule has 1 atom stereocenters. The Bertz CT molecular complexity index is 1440. The van der Waals surface area contributed by atoms with Gasteiger partial charge in [0.1, 0.15) is 5.75 Å². The molecule has 1 fully saturated rings. The van der Waals surface area contributed by atoms with E-state index >= 15 is 0 Å². The summed E-state index contributed by atoms with van der Waals surface area (Å²) in [6.07, 6.45) is 5.77. The van der Waals surface area contributed by atoms with Crippen molar-refractivity contribution >= 4 is 23.2 Å². The zero-order valence-electron chi connectivity index (χ0n) is 20.7. The van der Waals surface area contributed by atoms with Crippen LogP contribution in [0.5, 0.6) is 5.75 Å². The molecule has 4 heterocycles. The first-order valence-corrected chi connectivity index (χ1v) is 13.1. The summed E-state index contributed by atoms with van der Waals surface area (Å²) in [6.45, 7) is 2.21. The quantitative estimate of drug-likeness (QED) is 0.291. The van der Waals surface area contributed by atoms with E-state index in [1.165, 1.54) is 0 Å². The van der Waals surface area contributed by atoms with Crippen LogP contribution in [-0.2, 0) is 5.54 Å². The van der Waals surface area contributed by atoms with E-state index in [-0.39, 0.29) is 11.9 Å². The molecule has 0 bridgehead atoms. The van der Waals surface area contributed by atoms with E-state index in [1.54, 1.807) is 18.5 Å². The number of anilines is 1. The molecule has 0 spiro atoms. The van der Waals surface area contributed by atoms with Crippen LogP contribution in [0.3, 0.4) is 0 Å². The number of fused-ring (bicyclic) bond motifs is 1. The topological polar surface area (TPSA) is 117 Å². The van der Waals surface area contributed by atoms with Gasteiger partial charge < -0.3 is 20.7 Å². The number of nitrogens with one attached hydrogen (secondary N) is 4. The predicted molar refractivity (Wildman–Crippen MR) is 145 cm³/mol. The molecule has 2 aliphatic heterocycles. The summed E-state index contributed by atoms with van der Waals surface area (Å²) >= 11 is 6.21. The fourth-order valence-electron chi connectivity index (χ4n) is 5.15. The van der Waals surface area contributed by atoms with Gasteiger partial charge in [-0.15, -0.1) is 0 Å². The second kappa shape index (κ2) is 10.4. The molecule has 0 unspecified atom stereocenters. The Kier molecular flexibility index (Phi) is 6.70. The Labute approximate surface area is 225 Å². The Hall–Kier alpha value is -3.95. The molecule has 10 heteroatoms. The van der Waals surface area contributed by atoms with Gasteiger partial charge in [0.2, 0.25) is 0 Å². The highest BCUT2D eigenvalue weighted by atomic mass is 35.5. The minimum atomic E-state index is -0.449. The number of aromatic nitrogens is 4. The Morgan fingerprint density at radius 3 is 2.76 bits per heavy atom. The first-order valence-electron chi connectivity index (χ1n) is 12.7. The molecule has 4 N–H and O–H groups in total. The number of hydrogen-bond donors (Lipinski definition) is 4. The lowest BCUT2D eigenvalue weighted by Crippen LogP contribution is -2.46. The van der Waals surface area contributed by atoms with E-state index in [0.717, 1.165) is 54.3 Å². The zero-order valence-corrected chi connectivity index (χ0v) is 21.5. The average molecular weight is 530 g/mol. The van der Waals surface area contributed by atoms with Crippen molar-refractivity contribution in [2.45, 2.75) is 30.8 Å². The third kappa shape index (κ3) is 4.94. The number of pyridine rings is 1. The summed E-state index contributed by atoms with van der Waals surface area (Å²) in [5.41, 5.74) is 2.77. The number of nitrogens with zero attached hydrogens (tertiary/aromatic N) is 3. The van der Waals surface area contributed by atoms with Gasteiger partial charge in [-0.25, -0.2) is 4.98 Å². The highest BCUT2D eigenvalue weighted by molar-refractivity contribution is 6.30. The van der Waals surface area contributed by atoms with Crippen LogP contribution in [0.25, 0.3) is 11.4 Å². The van der Waals surface area contributed by atoms with Crippen molar-refractivity contribution in [2.24, 2.45) is 0 Å². The molecule has 2 aromatic heterocycles. The first-order chi connectivity index (χ1) is 18.6. The van der Waals surface area contributed by atoms with Crippen molar-refractivity contribution in [3.63, 3.8) is 0 Å². The van der Waals surface area contributed by atoms with Crippen molar-refractivity contribution in [3.05, 3.63) is 89.0 Å². The number of piperidine rings is 1. The normalized spacial score (nSPS) is 18.2. The molecule has 38 heavy (non-hydrogen) atoms. The van der Waals surface area contributed by atoms with E-state index in [1.807, 2.05) is 48.5 Å². The molecular weight excluding hydrogens is 502 g/mol. The molecule has 1 saturated heterocycles. The second-order valence-corrected chi connectivity index (χ2v) is 10.1. The lowest BCUT2D eigenvalue weighted by molar-refractivity contribution is 0.0925. The van der Waals surface area contributed by atoms with Crippen LogP contribution in [0, 0.1) is 0 Å². The van der Waals surface area contributed by atoms with Crippen molar-refractivity contribution in [1.29, 1.82) is 0 Å². The third-order valence-corrected chi connectivity index (χ3v) is 7.39. The Morgan fingerprint density at radius 1 is 1.08 bits per heavy atom. The van der Waals surface area contributed by atoms with Crippen molar-refractivity contribution < 1.29 is 9.53 Å². The highest BCUT2D eigenvalue weighted by Crippen LogP contribution is 2.35. The van der Waals surface area contributed by atoms with E-state index in [9.17, 15) is 4.79 Å². The van der Waals surface area contributed by atoms with Gasteiger partial charge in [-0.2, -0.15) is 5.10 Å². The number of aromatic amines is 1. The van der Waals surface area contributed by atoms with Crippen LogP contribution in [0.15, 0.2) is 67.0 Å². The maximum Gasteiger partial charge on any atom is 0.251 e. The van der Waals surface area contributed by atoms with Crippen LogP contribution in [-0.4, -0.2) is 45.8 Å². The minimum Gasteiger partial charge on any atom is -0.493 e. The van der Waals surface area contributed by atoms with Gasteiger partial charge in [0.15, 0.2) is 11.6 Å². The second-order valence-electron chi connectivity index (χ2n) is 9.63. The predicted octanol–water partition coefficient (Wildman–Crippen LogP) is 4.46. The van der Waals surface area contributed by atoms with E-state index in [4.69, 9.17) is 21.3 Å². The van der Waals surface area contributed by atoms with Crippen molar-refractivity contribution in [2.75, 3.05) is 25.0 Å². The van der Waals surface area contributed by atoms with Gasteiger partial charge in [0.25, 0.3) is 5.91 Å². The van der Waals surface area contributed by atoms with E-state index < -0.39 is 5.54 Å². The summed E-state index contributed by atoms with van der Waals surface area (Å²) in [5.74, 6) is 2.02. The number of benzene rings is 2. The van der Waals surface area contributed by atoms with Gasteiger partial charge in [-0.1, -0.05) is 17.7 Å². The number of H-pyrrole nitrogens is 1. The molecule has 2 aliphatic rings. The first kappa shape index (κ1) is 24.4. The monoisotopic (exact) mass is 529 g/mol. The summed E-state index contributed by atoms with van der Waals surface area (Å²) < 4.78 is 5.74. The molecule has 0 aliphatic carbocycles. The maximum atomic E-state index is 13.3. The number of carbonyl (C=O) groups is 1. The van der Waals surface area contributed by atoms with Crippen LogP contribution in [0.4, 0.5) is 5.69 Å². The smallest absolute Gasteiger partial charge is 0.251 e. The third-order valence-electron chi connectivity index (χ3n) is 7.16. The molecule has 0 radical (unpaired) electrons. The van der Waals surface area contributed by atoms with Crippen LogP contribution >= 0.6 is 11.6 Å². The lowest BCUT2D eigenvalue weighted by atomic mass is 9.87. The van der Waals surface area contributed by atoms with Crippen LogP contribution < -0.4 is 20.7 Å². The van der Waals surface area contributed by atoms with Gasteiger partial charge in [0.05, 0.1) is 18.2 Å². The molecule has 1 amide bonds. The average Bonchev–Trinajstić information content (AvgIpc) is 3.46. The Morgan fingerprint density at radius 2 is 1.92 bits per heavy atom. The number of rotatable bonds is 6. The van der Waals surface area contributed by atoms with Gasteiger partial charge in [-0.05, 0) is 74.5 Å². The molecule has 2 aromatic carbocycles.